The van der Waals surface area contributed by atoms with Crippen LogP contribution in [0.4, 0.5) is 0 Å². The summed E-state index contributed by atoms with van der Waals surface area (Å²) in [7, 11) is 1.43. The van der Waals surface area contributed by atoms with E-state index in [9.17, 15) is 9.59 Å². The second kappa shape index (κ2) is 7.27. The molecule has 0 aliphatic carbocycles. The lowest BCUT2D eigenvalue weighted by molar-refractivity contribution is -0.163. The van der Waals surface area contributed by atoms with E-state index in [4.69, 9.17) is 14.2 Å². The van der Waals surface area contributed by atoms with Gasteiger partial charge in [0.25, 0.3) is 0 Å². The number of hydrogen-bond donors (Lipinski definition) is 0. The van der Waals surface area contributed by atoms with Crippen molar-refractivity contribution in [2.75, 3.05) is 20.3 Å². The number of methoxy groups -OCH3 is 1. The molecule has 0 aromatic rings. The van der Waals surface area contributed by atoms with E-state index < -0.39 is 17.5 Å². The van der Waals surface area contributed by atoms with Crippen molar-refractivity contribution < 1.29 is 23.8 Å². The van der Waals surface area contributed by atoms with Crippen LogP contribution >= 0.6 is 0 Å². The van der Waals surface area contributed by atoms with Crippen LogP contribution in [0.5, 0.6) is 0 Å². The van der Waals surface area contributed by atoms with Crippen molar-refractivity contribution in [1.82, 2.24) is 0 Å². The van der Waals surface area contributed by atoms with Crippen molar-refractivity contribution >= 4 is 11.9 Å². The molecule has 0 amide bonds. The molecule has 0 fully saturated rings. The Kier molecular flexibility index (Phi) is 6.80. The minimum Gasteiger partial charge on any atom is -0.462 e. The molecule has 0 bridgehead atoms. The van der Waals surface area contributed by atoms with E-state index in [2.05, 4.69) is 0 Å². The first-order valence-electron chi connectivity index (χ1n) is 5.71. The second-order valence-corrected chi connectivity index (χ2v) is 4.42. The van der Waals surface area contributed by atoms with Gasteiger partial charge in [-0.3, -0.25) is 4.79 Å². The molecule has 0 aromatic carbocycles. The Morgan fingerprint density at radius 1 is 1.18 bits per heavy atom. The number of esters is 2. The molecule has 100 valence electrons. The molecule has 1 atom stereocenters. The molecule has 0 aliphatic heterocycles. The molecule has 0 N–H and O–H groups in total. The fourth-order valence-electron chi connectivity index (χ4n) is 0.830. The molecule has 0 radical (unpaired) electrons. The normalized spacial score (nSPS) is 13.0. The highest BCUT2D eigenvalue weighted by molar-refractivity contribution is 5.76. The van der Waals surface area contributed by atoms with Gasteiger partial charge in [0.1, 0.15) is 13.2 Å². The molecule has 0 saturated heterocycles. The molecule has 0 aliphatic rings. The zero-order chi connectivity index (χ0) is 13.5. The van der Waals surface area contributed by atoms with Crippen LogP contribution in [-0.4, -0.2) is 38.4 Å². The zero-order valence-corrected chi connectivity index (χ0v) is 11.2. The first-order chi connectivity index (χ1) is 7.85. The third-order valence-electron chi connectivity index (χ3n) is 2.68. The lowest BCUT2D eigenvalue weighted by Crippen LogP contribution is -2.28. The molecular weight excluding hydrogens is 224 g/mol. The number of carbonyl (C=O) groups excluding carboxylic acids is 2. The van der Waals surface area contributed by atoms with Gasteiger partial charge in [0.05, 0.1) is 5.41 Å². The monoisotopic (exact) mass is 246 g/mol. The van der Waals surface area contributed by atoms with Crippen LogP contribution in [0, 0.1) is 5.41 Å². The molecule has 0 spiro atoms. The highest BCUT2D eigenvalue weighted by atomic mass is 16.6. The molecule has 5 nitrogen and oxygen atoms in total. The van der Waals surface area contributed by atoms with Gasteiger partial charge in [-0.05, 0) is 27.2 Å². The summed E-state index contributed by atoms with van der Waals surface area (Å²) in [4.78, 5) is 22.7. The minimum absolute atomic E-state index is 0.0536. The van der Waals surface area contributed by atoms with Crippen LogP contribution in [0.15, 0.2) is 0 Å². The van der Waals surface area contributed by atoms with Crippen molar-refractivity contribution in [1.29, 1.82) is 0 Å². The maximum atomic E-state index is 11.5. The van der Waals surface area contributed by atoms with E-state index in [0.29, 0.717) is 6.42 Å². The smallest absolute Gasteiger partial charge is 0.335 e. The Morgan fingerprint density at radius 3 is 2.18 bits per heavy atom. The molecule has 5 heteroatoms. The standard InChI is InChI=1S/C12H22O5/c1-6-12(3,4)11(14)17-8-7-16-10(13)9(2)15-5/h9H,6-8H2,1-5H3. The van der Waals surface area contributed by atoms with E-state index in [0.717, 1.165) is 0 Å². The van der Waals surface area contributed by atoms with Crippen molar-refractivity contribution in [3.05, 3.63) is 0 Å². The van der Waals surface area contributed by atoms with E-state index in [1.54, 1.807) is 6.92 Å². The van der Waals surface area contributed by atoms with Crippen LogP contribution < -0.4 is 0 Å². The average Bonchev–Trinajstić information content (AvgIpc) is 2.32. The minimum atomic E-state index is -0.599. The van der Waals surface area contributed by atoms with E-state index >= 15 is 0 Å². The quantitative estimate of drug-likeness (QED) is 0.503. The number of hydrogen-bond acceptors (Lipinski definition) is 5. The number of ether oxygens (including phenoxy) is 3. The first-order valence-corrected chi connectivity index (χ1v) is 5.71. The summed E-state index contributed by atoms with van der Waals surface area (Å²) < 4.78 is 14.6. The Balaban J connectivity index is 3.79. The summed E-state index contributed by atoms with van der Waals surface area (Å²) in [5.41, 5.74) is -0.496. The summed E-state index contributed by atoms with van der Waals surface area (Å²) in [6.45, 7) is 7.27. The Hall–Kier alpha value is -1.10. The van der Waals surface area contributed by atoms with Gasteiger partial charge in [0, 0.05) is 7.11 Å². The average molecular weight is 246 g/mol. The molecule has 0 rings (SSSR count). The molecule has 0 heterocycles. The first kappa shape index (κ1) is 15.9. The highest BCUT2D eigenvalue weighted by Gasteiger charge is 2.26. The summed E-state index contributed by atoms with van der Waals surface area (Å²) in [6, 6.07) is 0. The topological polar surface area (TPSA) is 61.8 Å². The van der Waals surface area contributed by atoms with Crippen LogP contribution in [0.1, 0.15) is 34.1 Å². The van der Waals surface area contributed by atoms with Gasteiger partial charge in [-0.1, -0.05) is 6.92 Å². The zero-order valence-electron chi connectivity index (χ0n) is 11.2. The summed E-state index contributed by atoms with van der Waals surface area (Å²) >= 11 is 0. The SMILES string of the molecule is CCC(C)(C)C(=O)OCCOC(=O)C(C)OC. The lowest BCUT2D eigenvalue weighted by atomic mass is 9.91. The van der Waals surface area contributed by atoms with E-state index in [1.807, 2.05) is 20.8 Å². The van der Waals surface area contributed by atoms with Gasteiger partial charge < -0.3 is 14.2 Å². The molecule has 1 unspecified atom stereocenters. The Labute approximate surface area is 102 Å². The van der Waals surface area contributed by atoms with Gasteiger partial charge in [-0.15, -0.1) is 0 Å². The van der Waals surface area contributed by atoms with Gasteiger partial charge in [0.15, 0.2) is 6.10 Å². The second-order valence-electron chi connectivity index (χ2n) is 4.42. The Bertz CT molecular complexity index is 260. The van der Waals surface area contributed by atoms with Gasteiger partial charge >= 0.3 is 11.9 Å². The lowest BCUT2D eigenvalue weighted by Gasteiger charge is -2.20. The Morgan fingerprint density at radius 2 is 1.71 bits per heavy atom. The van der Waals surface area contributed by atoms with Crippen molar-refractivity contribution in [3.8, 4) is 0 Å². The van der Waals surface area contributed by atoms with Crippen LogP contribution in [0.25, 0.3) is 0 Å². The fourth-order valence-corrected chi connectivity index (χ4v) is 0.830. The fraction of sp³-hybridized carbons (Fsp3) is 0.833. The third kappa shape index (κ3) is 5.68. The molecule has 17 heavy (non-hydrogen) atoms. The van der Waals surface area contributed by atoms with Crippen molar-refractivity contribution in [3.63, 3.8) is 0 Å². The summed E-state index contributed by atoms with van der Waals surface area (Å²) in [5, 5.41) is 0. The largest absolute Gasteiger partial charge is 0.462 e. The van der Waals surface area contributed by atoms with E-state index in [1.165, 1.54) is 7.11 Å². The summed E-state index contributed by atoms with van der Waals surface area (Å²) in [6.07, 6.45) is 0.101. The third-order valence-corrected chi connectivity index (χ3v) is 2.68. The maximum absolute atomic E-state index is 11.5. The van der Waals surface area contributed by atoms with Gasteiger partial charge in [0.2, 0.25) is 0 Å². The predicted octanol–water partition coefficient (Wildman–Crippen LogP) is 1.54. The van der Waals surface area contributed by atoms with Crippen molar-refractivity contribution in [2.45, 2.75) is 40.2 Å². The van der Waals surface area contributed by atoms with Gasteiger partial charge in [-0.25, -0.2) is 4.79 Å². The van der Waals surface area contributed by atoms with Crippen molar-refractivity contribution in [2.24, 2.45) is 5.41 Å². The van der Waals surface area contributed by atoms with Crippen LogP contribution in [0.2, 0.25) is 0 Å². The molecule has 0 aromatic heterocycles. The molecular formula is C12H22O5. The predicted molar refractivity (Wildman–Crippen MR) is 62.5 cm³/mol. The highest BCUT2D eigenvalue weighted by Crippen LogP contribution is 2.21. The van der Waals surface area contributed by atoms with E-state index in [-0.39, 0.29) is 19.2 Å². The number of carbonyl (C=O) groups is 2. The number of rotatable bonds is 7. The molecule has 0 saturated carbocycles. The van der Waals surface area contributed by atoms with Crippen LogP contribution in [-0.2, 0) is 23.8 Å². The van der Waals surface area contributed by atoms with Gasteiger partial charge in [-0.2, -0.15) is 0 Å². The maximum Gasteiger partial charge on any atom is 0.335 e. The van der Waals surface area contributed by atoms with Crippen LogP contribution in [0.3, 0.4) is 0 Å². The summed E-state index contributed by atoms with van der Waals surface area (Å²) in [5.74, 6) is -0.742.